The number of hydrogen-bond acceptors (Lipinski definition) is 2. The third-order valence-electron chi connectivity index (χ3n) is 4.56. The van der Waals surface area contributed by atoms with Crippen LogP contribution in [0.25, 0.3) is 0 Å². The highest BCUT2D eigenvalue weighted by Crippen LogP contribution is 2.35. The zero-order valence-corrected chi connectivity index (χ0v) is 13.8. The Hall–Kier alpha value is -0.340. The van der Waals surface area contributed by atoms with Gasteiger partial charge in [0, 0.05) is 12.6 Å². The van der Waals surface area contributed by atoms with E-state index in [0.29, 0.717) is 6.04 Å². The van der Waals surface area contributed by atoms with Crippen molar-refractivity contribution in [3.8, 4) is 0 Å². The summed E-state index contributed by atoms with van der Waals surface area (Å²) in [6.07, 6.45) is 14.7. The normalized spacial score (nSPS) is 20.3. The summed E-state index contributed by atoms with van der Waals surface area (Å²) in [6, 6.07) is 0.514. The van der Waals surface area contributed by atoms with Crippen molar-refractivity contribution in [2.45, 2.75) is 89.7 Å². The standard InChI is InChI=1S/C18H35NO/c1-4-7-10-13-17(19-16-5-2)18(20-6-3)14-11-8-9-12-15-18/h4,17,19H,1,5-16H2,2-3H3. The number of nitrogens with one attached hydrogen (secondary N) is 1. The van der Waals surface area contributed by atoms with Crippen LogP contribution in [0.15, 0.2) is 12.7 Å². The second-order valence-electron chi connectivity index (χ2n) is 6.14. The van der Waals surface area contributed by atoms with Crippen LogP contribution in [-0.2, 0) is 4.74 Å². The Balaban J connectivity index is 2.74. The lowest BCUT2D eigenvalue weighted by Gasteiger charge is -2.41. The van der Waals surface area contributed by atoms with Gasteiger partial charge >= 0.3 is 0 Å². The summed E-state index contributed by atoms with van der Waals surface area (Å²) >= 11 is 0. The molecule has 0 amide bonds. The first-order valence-electron chi connectivity index (χ1n) is 8.77. The summed E-state index contributed by atoms with van der Waals surface area (Å²) in [6.45, 7) is 10.2. The Morgan fingerprint density at radius 3 is 2.45 bits per heavy atom. The van der Waals surface area contributed by atoms with Crippen LogP contribution in [0.4, 0.5) is 0 Å². The van der Waals surface area contributed by atoms with E-state index in [1.807, 2.05) is 6.08 Å². The maximum Gasteiger partial charge on any atom is 0.0834 e. The van der Waals surface area contributed by atoms with E-state index in [2.05, 4.69) is 25.7 Å². The lowest BCUT2D eigenvalue weighted by Crippen LogP contribution is -2.52. The fourth-order valence-corrected chi connectivity index (χ4v) is 3.54. The Bertz CT molecular complexity index is 244. The zero-order chi connectivity index (χ0) is 14.7. The molecule has 1 N–H and O–H groups in total. The van der Waals surface area contributed by atoms with Gasteiger partial charge < -0.3 is 10.1 Å². The summed E-state index contributed by atoms with van der Waals surface area (Å²) in [5.74, 6) is 0. The molecule has 0 aromatic rings. The van der Waals surface area contributed by atoms with Gasteiger partial charge in [-0.15, -0.1) is 6.58 Å². The minimum Gasteiger partial charge on any atom is -0.374 e. The highest BCUT2D eigenvalue weighted by molar-refractivity contribution is 4.95. The lowest BCUT2D eigenvalue weighted by atomic mass is 9.83. The predicted octanol–water partition coefficient (Wildman–Crippen LogP) is 4.84. The highest BCUT2D eigenvalue weighted by Gasteiger charge is 2.38. The number of rotatable bonds is 10. The van der Waals surface area contributed by atoms with Crippen molar-refractivity contribution < 1.29 is 4.74 Å². The van der Waals surface area contributed by atoms with Crippen LogP contribution in [0, 0.1) is 0 Å². The van der Waals surface area contributed by atoms with Crippen molar-refractivity contribution >= 4 is 0 Å². The molecule has 0 aromatic heterocycles. The monoisotopic (exact) mass is 281 g/mol. The van der Waals surface area contributed by atoms with Gasteiger partial charge in [-0.1, -0.05) is 38.7 Å². The van der Waals surface area contributed by atoms with E-state index in [-0.39, 0.29) is 5.60 Å². The average Bonchev–Trinajstić information content (AvgIpc) is 2.69. The van der Waals surface area contributed by atoms with Crippen molar-refractivity contribution in [2.24, 2.45) is 0 Å². The summed E-state index contributed by atoms with van der Waals surface area (Å²) < 4.78 is 6.35. The molecule has 0 bridgehead atoms. The maximum absolute atomic E-state index is 6.35. The van der Waals surface area contributed by atoms with Gasteiger partial charge in [-0.2, -0.15) is 0 Å². The molecular formula is C18H35NO. The Morgan fingerprint density at radius 2 is 1.90 bits per heavy atom. The van der Waals surface area contributed by atoms with Crippen LogP contribution in [-0.4, -0.2) is 24.8 Å². The molecule has 118 valence electrons. The minimum absolute atomic E-state index is 0.0849. The molecule has 0 heterocycles. The van der Waals surface area contributed by atoms with Gasteiger partial charge in [-0.3, -0.25) is 0 Å². The zero-order valence-electron chi connectivity index (χ0n) is 13.8. The van der Waals surface area contributed by atoms with E-state index in [0.717, 1.165) is 19.6 Å². The third-order valence-corrected chi connectivity index (χ3v) is 4.56. The van der Waals surface area contributed by atoms with Crippen molar-refractivity contribution in [1.29, 1.82) is 0 Å². The SMILES string of the molecule is C=CCCCC(NCCC)C1(OCC)CCCCCC1. The molecule has 1 aliphatic carbocycles. The second-order valence-corrected chi connectivity index (χ2v) is 6.14. The van der Waals surface area contributed by atoms with Crippen molar-refractivity contribution in [3.63, 3.8) is 0 Å². The van der Waals surface area contributed by atoms with Gasteiger partial charge in [0.1, 0.15) is 0 Å². The Kier molecular flexibility index (Phi) is 9.21. The first kappa shape index (κ1) is 17.7. The molecule has 2 nitrogen and oxygen atoms in total. The largest absolute Gasteiger partial charge is 0.374 e. The maximum atomic E-state index is 6.35. The summed E-state index contributed by atoms with van der Waals surface area (Å²) in [7, 11) is 0. The van der Waals surface area contributed by atoms with E-state index in [9.17, 15) is 0 Å². The quantitative estimate of drug-likeness (QED) is 0.351. The van der Waals surface area contributed by atoms with E-state index >= 15 is 0 Å². The topological polar surface area (TPSA) is 21.3 Å². The fraction of sp³-hybridized carbons (Fsp3) is 0.889. The summed E-state index contributed by atoms with van der Waals surface area (Å²) in [5.41, 5.74) is 0.0849. The molecule has 0 spiro atoms. The Morgan fingerprint density at radius 1 is 1.20 bits per heavy atom. The molecule has 0 radical (unpaired) electrons. The number of ether oxygens (including phenoxy) is 1. The van der Waals surface area contributed by atoms with Crippen LogP contribution in [0.2, 0.25) is 0 Å². The highest BCUT2D eigenvalue weighted by atomic mass is 16.5. The van der Waals surface area contributed by atoms with Gasteiger partial charge in [0.2, 0.25) is 0 Å². The van der Waals surface area contributed by atoms with Gasteiger partial charge in [0.25, 0.3) is 0 Å². The van der Waals surface area contributed by atoms with Crippen LogP contribution in [0.5, 0.6) is 0 Å². The summed E-state index contributed by atoms with van der Waals surface area (Å²) in [5, 5.41) is 3.79. The van der Waals surface area contributed by atoms with Gasteiger partial charge in [-0.05, 0) is 52.0 Å². The molecule has 1 fully saturated rings. The van der Waals surface area contributed by atoms with Crippen LogP contribution in [0.1, 0.15) is 78.1 Å². The molecule has 0 aromatic carbocycles. The molecule has 1 unspecified atom stereocenters. The molecule has 0 saturated heterocycles. The van der Waals surface area contributed by atoms with Gasteiger partial charge in [-0.25, -0.2) is 0 Å². The fourth-order valence-electron chi connectivity index (χ4n) is 3.54. The molecule has 1 rings (SSSR count). The first-order valence-corrected chi connectivity index (χ1v) is 8.77. The molecule has 1 saturated carbocycles. The summed E-state index contributed by atoms with van der Waals surface area (Å²) in [4.78, 5) is 0. The molecule has 0 aliphatic heterocycles. The molecule has 1 atom stereocenters. The van der Waals surface area contributed by atoms with E-state index in [1.165, 1.54) is 57.8 Å². The van der Waals surface area contributed by atoms with Crippen molar-refractivity contribution in [1.82, 2.24) is 5.32 Å². The number of unbranched alkanes of at least 4 members (excludes halogenated alkanes) is 1. The second kappa shape index (κ2) is 10.4. The first-order chi connectivity index (χ1) is 9.79. The third kappa shape index (κ3) is 5.57. The van der Waals surface area contributed by atoms with Crippen molar-refractivity contribution in [2.75, 3.05) is 13.2 Å². The van der Waals surface area contributed by atoms with Crippen molar-refractivity contribution in [3.05, 3.63) is 12.7 Å². The van der Waals surface area contributed by atoms with Gasteiger partial charge in [0.05, 0.1) is 5.60 Å². The van der Waals surface area contributed by atoms with E-state index in [1.54, 1.807) is 0 Å². The molecule has 2 heteroatoms. The molecule has 1 aliphatic rings. The van der Waals surface area contributed by atoms with E-state index < -0.39 is 0 Å². The lowest BCUT2D eigenvalue weighted by molar-refractivity contribution is -0.0788. The minimum atomic E-state index is 0.0849. The number of hydrogen-bond donors (Lipinski definition) is 1. The van der Waals surface area contributed by atoms with Crippen LogP contribution < -0.4 is 5.32 Å². The molecule has 20 heavy (non-hydrogen) atoms. The smallest absolute Gasteiger partial charge is 0.0834 e. The van der Waals surface area contributed by atoms with Crippen LogP contribution in [0.3, 0.4) is 0 Å². The Labute approximate surface area is 126 Å². The van der Waals surface area contributed by atoms with E-state index in [4.69, 9.17) is 4.74 Å². The predicted molar refractivity (Wildman–Crippen MR) is 88.2 cm³/mol. The molecular weight excluding hydrogens is 246 g/mol. The van der Waals surface area contributed by atoms with Gasteiger partial charge in [0.15, 0.2) is 0 Å². The number of allylic oxidation sites excluding steroid dienone is 1. The average molecular weight is 281 g/mol. The van der Waals surface area contributed by atoms with Crippen LogP contribution >= 0.6 is 0 Å².